The fraction of sp³-hybridized carbons (Fsp3) is 0.0952. The van der Waals surface area contributed by atoms with E-state index in [-0.39, 0.29) is 12.0 Å². The topological polar surface area (TPSA) is 29.3 Å². The van der Waals surface area contributed by atoms with E-state index in [1.807, 2.05) is 0 Å². The molecule has 0 saturated carbocycles. The van der Waals surface area contributed by atoms with E-state index in [0.717, 1.165) is 47.7 Å². The predicted octanol–water partition coefficient (Wildman–Crippen LogP) is 16.8. The third-order valence-electron chi connectivity index (χ3n) is 13.8. The first kappa shape index (κ1) is 39.6. The minimum absolute atomic E-state index is 0.0588. The molecule has 1 aromatic heterocycles. The Morgan fingerprint density at radius 2 is 1.06 bits per heavy atom. The maximum Gasteiger partial charge on any atom is 0.226 e. The molecule has 3 atom stereocenters. The van der Waals surface area contributed by atoms with Crippen molar-refractivity contribution in [2.45, 2.75) is 31.2 Å². The van der Waals surface area contributed by atoms with Crippen LogP contribution in [0.1, 0.15) is 59.4 Å². The summed E-state index contributed by atoms with van der Waals surface area (Å²) < 4.78 is 6.90. The Morgan fingerprint density at radius 3 is 1.73 bits per heavy atom. The van der Waals surface area contributed by atoms with Crippen molar-refractivity contribution in [2.24, 2.45) is 5.92 Å². The normalized spacial score (nSPS) is 17.0. The van der Waals surface area contributed by atoms with E-state index in [4.69, 9.17) is 9.40 Å². The van der Waals surface area contributed by atoms with Crippen LogP contribution in [0.3, 0.4) is 0 Å². The molecular weight excluding hydrogens is 801 g/mol. The average molecular weight is 849 g/mol. The summed E-state index contributed by atoms with van der Waals surface area (Å²) in [4.78, 5) is 7.83. The van der Waals surface area contributed by atoms with Gasteiger partial charge in [-0.1, -0.05) is 200 Å². The largest absolute Gasteiger partial charge is 0.440 e. The van der Waals surface area contributed by atoms with Crippen LogP contribution in [0.2, 0.25) is 0 Å². The minimum Gasteiger partial charge on any atom is -0.440 e. The van der Waals surface area contributed by atoms with Crippen molar-refractivity contribution in [3.05, 3.63) is 259 Å². The van der Waals surface area contributed by atoms with Crippen LogP contribution in [-0.2, 0) is 0 Å². The number of nitrogens with zero attached hydrogens (tertiary/aromatic N) is 2. The van der Waals surface area contributed by atoms with Gasteiger partial charge in [0.25, 0.3) is 0 Å². The minimum atomic E-state index is 0.0588. The van der Waals surface area contributed by atoms with Crippen molar-refractivity contribution in [2.75, 3.05) is 4.90 Å². The van der Waals surface area contributed by atoms with E-state index in [9.17, 15) is 0 Å². The van der Waals surface area contributed by atoms with E-state index < -0.39 is 0 Å². The number of fused-ring (bicyclic) bond motifs is 4. The number of anilines is 2. The average Bonchev–Trinajstić information content (AvgIpc) is 3.86. The zero-order chi connectivity index (χ0) is 43.8. The summed E-state index contributed by atoms with van der Waals surface area (Å²) in [6.07, 6.45) is 14.3. The number of hydrogen-bond acceptors (Lipinski definition) is 3. The lowest BCUT2D eigenvalue weighted by molar-refractivity contribution is 0.439. The summed E-state index contributed by atoms with van der Waals surface area (Å²) in [6.45, 7) is 0. The monoisotopic (exact) mass is 848 g/mol. The molecule has 3 heteroatoms. The van der Waals surface area contributed by atoms with Crippen molar-refractivity contribution >= 4 is 23.0 Å². The van der Waals surface area contributed by atoms with Crippen LogP contribution >= 0.6 is 0 Å². The second-order valence-corrected chi connectivity index (χ2v) is 17.7. The Hall–Kier alpha value is -8.01. The summed E-state index contributed by atoms with van der Waals surface area (Å²) in [6, 6.07) is 74.8. The lowest BCUT2D eigenvalue weighted by Gasteiger charge is -2.37. The molecule has 3 nitrogen and oxygen atoms in total. The first-order valence-corrected chi connectivity index (χ1v) is 23.3. The fourth-order valence-electron chi connectivity index (χ4n) is 10.5. The SMILES string of the molecule is C1=CCC2CC(c3ccc4c(c3)C=CCC4N(c3ccc(-c4ccccc4)cc3)c3ccc(-c4ccccc4)c(-c4ccccc4)c3)c3oc(-c4ccc(-c5ccccc5)cc4)nc3C2=C1. The maximum atomic E-state index is 6.90. The molecule has 0 fully saturated rings. The first-order chi connectivity index (χ1) is 32.7. The van der Waals surface area contributed by atoms with E-state index in [1.165, 1.54) is 66.8 Å². The van der Waals surface area contributed by atoms with Gasteiger partial charge in [0, 0.05) is 22.9 Å². The molecule has 12 rings (SSSR count). The van der Waals surface area contributed by atoms with Gasteiger partial charge in [0.15, 0.2) is 0 Å². The van der Waals surface area contributed by atoms with Crippen LogP contribution in [0.25, 0.3) is 67.6 Å². The van der Waals surface area contributed by atoms with Gasteiger partial charge in [0.2, 0.25) is 5.89 Å². The number of allylic oxidation sites excluding steroid dienone is 4. The fourth-order valence-corrected chi connectivity index (χ4v) is 10.5. The molecule has 3 aliphatic rings. The van der Waals surface area contributed by atoms with Crippen LogP contribution in [0.4, 0.5) is 11.4 Å². The van der Waals surface area contributed by atoms with Gasteiger partial charge < -0.3 is 9.32 Å². The third-order valence-corrected chi connectivity index (χ3v) is 13.8. The Morgan fingerprint density at radius 1 is 0.485 bits per heavy atom. The molecule has 3 aliphatic carbocycles. The van der Waals surface area contributed by atoms with Gasteiger partial charge in [0.05, 0.1) is 6.04 Å². The Labute approximate surface area is 387 Å². The van der Waals surface area contributed by atoms with E-state index in [2.05, 4.69) is 242 Å². The van der Waals surface area contributed by atoms with Gasteiger partial charge >= 0.3 is 0 Å². The highest BCUT2D eigenvalue weighted by molar-refractivity contribution is 5.87. The molecule has 1 heterocycles. The molecule has 8 aromatic carbocycles. The summed E-state index contributed by atoms with van der Waals surface area (Å²) in [5.74, 6) is 2.12. The molecule has 0 bridgehead atoms. The molecule has 0 spiro atoms. The molecule has 0 amide bonds. The van der Waals surface area contributed by atoms with E-state index >= 15 is 0 Å². The summed E-state index contributed by atoms with van der Waals surface area (Å²) in [5.41, 5.74) is 19.1. The quantitative estimate of drug-likeness (QED) is 0.145. The van der Waals surface area contributed by atoms with Crippen molar-refractivity contribution in [1.82, 2.24) is 4.98 Å². The van der Waals surface area contributed by atoms with Crippen LogP contribution < -0.4 is 4.90 Å². The van der Waals surface area contributed by atoms with Crippen molar-refractivity contribution in [3.8, 4) is 56.0 Å². The predicted molar refractivity (Wildman–Crippen MR) is 273 cm³/mol. The third kappa shape index (κ3) is 7.43. The van der Waals surface area contributed by atoms with Crippen molar-refractivity contribution in [1.29, 1.82) is 0 Å². The van der Waals surface area contributed by atoms with Gasteiger partial charge in [-0.15, -0.1) is 0 Å². The number of oxazole rings is 1. The summed E-state index contributed by atoms with van der Waals surface area (Å²) >= 11 is 0. The van der Waals surface area contributed by atoms with Gasteiger partial charge in [-0.2, -0.15) is 0 Å². The van der Waals surface area contributed by atoms with Crippen LogP contribution in [0.5, 0.6) is 0 Å². The second-order valence-electron chi connectivity index (χ2n) is 17.7. The smallest absolute Gasteiger partial charge is 0.226 e. The van der Waals surface area contributed by atoms with E-state index in [1.54, 1.807) is 0 Å². The maximum absolute atomic E-state index is 6.90. The lowest BCUT2D eigenvalue weighted by Crippen LogP contribution is -2.26. The van der Waals surface area contributed by atoms with Crippen LogP contribution in [0.15, 0.2) is 235 Å². The van der Waals surface area contributed by atoms with Gasteiger partial charge in [-0.3, -0.25) is 0 Å². The number of hydrogen-bond donors (Lipinski definition) is 0. The molecule has 0 N–H and O–H groups in total. The van der Waals surface area contributed by atoms with Crippen molar-refractivity contribution < 1.29 is 4.42 Å². The van der Waals surface area contributed by atoms with Crippen LogP contribution in [0, 0.1) is 5.92 Å². The number of rotatable bonds is 9. The lowest BCUT2D eigenvalue weighted by atomic mass is 9.73. The van der Waals surface area contributed by atoms with Gasteiger partial charge in [-0.25, -0.2) is 4.98 Å². The van der Waals surface area contributed by atoms with Gasteiger partial charge in [-0.05, 0) is 128 Å². The van der Waals surface area contributed by atoms with E-state index in [0.29, 0.717) is 11.8 Å². The Balaban J connectivity index is 0.941. The zero-order valence-corrected chi connectivity index (χ0v) is 36.7. The highest BCUT2D eigenvalue weighted by atomic mass is 16.4. The summed E-state index contributed by atoms with van der Waals surface area (Å²) in [7, 11) is 0. The highest BCUT2D eigenvalue weighted by Crippen LogP contribution is 2.50. The molecule has 66 heavy (non-hydrogen) atoms. The van der Waals surface area contributed by atoms with Crippen LogP contribution in [-0.4, -0.2) is 4.98 Å². The summed E-state index contributed by atoms with van der Waals surface area (Å²) in [5, 5.41) is 0. The van der Waals surface area contributed by atoms with Gasteiger partial charge in [0.1, 0.15) is 11.5 Å². The number of aromatic nitrogens is 1. The van der Waals surface area contributed by atoms with Crippen molar-refractivity contribution in [3.63, 3.8) is 0 Å². The number of benzene rings is 8. The molecule has 316 valence electrons. The molecule has 0 aliphatic heterocycles. The second kappa shape index (κ2) is 17.2. The molecule has 3 unspecified atom stereocenters. The standard InChI is InChI=1S/C63H48N2O/c1-5-16-43(17-6-1)45-28-30-49(31-29-45)63-64-61-57-26-14-13-24-51(57)41-59(62(61)66-63)52-34-38-56-50(40-52)25-15-27-60(56)65(53-35-32-46(33-36-53)44-18-7-2-8-19-44)54-37-39-55(47-20-9-3-10-21-47)58(42-54)48-22-11-4-12-23-48/h1-23,25-26,28-40,42,51,59-60H,24,27,41H2. The zero-order valence-electron chi connectivity index (χ0n) is 36.7. The Kier molecular flexibility index (Phi) is 10.3. The first-order valence-electron chi connectivity index (χ1n) is 23.3. The molecule has 0 radical (unpaired) electrons. The molecule has 9 aromatic rings. The molecular formula is C63H48N2O. The molecule has 0 saturated heterocycles. The highest BCUT2D eigenvalue weighted by Gasteiger charge is 2.38. The Bertz CT molecular complexity index is 3260.